The minimum atomic E-state index is -0.414. The van der Waals surface area contributed by atoms with Crippen LogP contribution >= 0.6 is 15.9 Å². The Kier molecular flexibility index (Phi) is 4.86. The van der Waals surface area contributed by atoms with Gasteiger partial charge in [0.05, 0.1) is 0 Å². The van der Waals surface area contributed by atoms with Gasteiger partial charge in [-0.1, -0.05) is 28.1 Å². The van der Waals surface area contributed by atoms with E-state index in [-0.39, 0.29) is 12.0 Å². The van der Waals surface area contributed by atoms with Crippen molar-refractivity contribution in [1.82, 2.24) is 5.32 Å². The molecule has 3 nitrogen and oxygen atoms in total. The van der Waals surface area contributed by atoms with Crippen molar-refractivity contribution in [2.24, 2.45) is 5.92 Å². The third-order valence-electron chi connectivity index (χ3n) is 3.35. The lowest BCUT2D eigenvalue weighted by Gasteiger charge is -2.22. The number of carbonyl (C=O) groups is 1. The number of hydrogen-bond acceptors (Lipinski definition) is 3. The molecule has 1 aromatic rings. The van der Waals surface area contributed by atoms with Gasteiger partial charge in [-0.2, -0.15) is 0 Å². The first kappa shape index (κ1) is 15.5. The Balaban J connectivity index is 1.86. The summed E-state index contributed by atoms with van der Waals surface area (Å²) < 4.78 is 6.52. The fourth-order valence-electron chi connectivity index (χ4n) is 2.47. The monoisotopic (exact) mass is 339 g/mol. The molecule has 1 N–H and O–H groups in total. The van der Waals surface area contributed by atoms with E-state index in [2.05, 4.69) is 45.5 Å². The highest BCUT2D eigenvalue weighted by molar-refractivity contribution is 9.10. The van der Waals surface area contributed by atoms with E-state index in [0.29, 0.717) is 5.92 Å². The molecule has 1 aliphatic rings. The fraction of sp³-hybridized carbons (Fsp3) is 0.562. The Bertz CT molecular complexity index is 464. The van der Waals surface area contributed by atoms with Crippen molar-refractivity contribution >= 4 is 21.9 Å². The molecule has 1 saturated heterocycles. The number of carbonyl (C=O) groups excluding carboxylic acids is 1. The molecule has 2 atom stereocenters. The first-order chi connectivity index (χ1) is 9.33. The van der Waals surface area contributed by atoms with Crippen LogP contribution in [0.1, 0.15) is 32.8 Å². The van der Waals surface area contributed by atoms with Crippen molar-refractivity contribution in [3.8, 4) is 0 Å². The summed E-state index contributed by atoms with van der Waals surface area (Å²) in [5.41, 5.74) is 0.896. The van der Waals surface area contributed by atoms with E-state index < -0.39 is 5.60 Å². The van der Waals surface area contributed by atoms with Gasteiger partial charge >= 0.3 is 5.97 Å². The fourth-order valence-corrected chi connectivity index (χ4v) is 2.74. The first-order valence-corrected chi connectivity index (χ1v) is 7.83. The number of ether oxygens (including phenoxy) is 1. The van der Waals surface area contributed by atoms with Crippen LogP contribution in [0.25, 0.3) is 0 Å². The summed E-state index contributed by atoms with van der Waals surface area (Å²) in [5, 5.41) is 3.28. The van der Waals surface area contributed by atoms with Gasteiger partial charge in [-0.3, -0.25) is 4.79 Å². The molecule has 0 bridgehead atoms. The topological polar surface area (TPSA) is 38.3 Å². The van der Waals surface area contributed by atoms with Gasteiger partial charge in [0.15, 0.2) is 0 Å². The summed E-state index contributed by atoms with van der Waals surface area (Å²) in [6, 6.07) is 8.22. The quantitative estimate of drug-likeness (QED) is 0.858. The number of nitrogens with one attached hydrogen (secondary N) is 1. The van der Waals surface area contributed by atoms with Crippen LogP contribution in [-0.2, 0) is 16.0 Å². The number of rotatable bonds is 3. The molecular formula is C16H22BrNO2. The van der Waals surface area contributed by atoms with Crippen molar-refractivity contribution < 1.29 is 9.53 Å². The molecule has 2 rings (SSSR count). The van der Waals surface area contributed by atoms with E-state index in [1.165, 1.54) is 5.56 Å². The standard InChI is InChI=1S/C16H22BrNO2/c1-16(2,3)20-15(19)14-9-12(10-18-14)8-11-4-6-13(17)7-5-11/h4-7,12,14,18H,8-10H2,1-3H3/t12-,14+/m1/s1. The van der Waals surface area contributed by atoms with Gasteiger partial charge in [0.1, 0.15) is 11.6 Å². The van der Waals surface area contributed by atoms with E-state index in [4.69, 9.17) is 4.74 Å². The minimum Gasteiger partial charge on any atom is -0.459 e. The molecular weight excluding hydrogens is 318 g/mol. The second-order valence-corrected chi connectivity index (χ2v) is 7.34. The Labute approximate surface area is 129 Å². The van der Waals surface area contributed by atoms with Gasteiger partial charge in [0, 0.05) is 4.47 Å². The highest BCUT2D eigenvalue weighted by Gasteiger charge is 2.32. The van der Waals surface area contributed by atoms with Crippen molar-refractivity contribution in [2.75, 3.05) is 6.54 Å². The van der Waals surface area contributed by atoms with E-state index in [0.717, 1.165) is 23.9 Å². The van der Waals surface area contributed by atoms with Crippen molar-refractivity contribution in [3.05, 3.63) is 34.3 Å². The Morgan fingerprint density at radius 3 is 2.60 bits per heavy atom. The highest BCUT2D eigenvalue weighted by Crippen LogP contribution is 2.22. The van der Waals surface area contributed by atoms with Crippen LogP contribution in [0, 0.1) is 5.92 Å². The van der Waals surface area contributed by atoms with Gasteiger partial charge in [-0.25, -0.2) is 0 Å². The molecule has 0 spiro atoms. The van der Waals surface area contributed by atoms with Crippen LogP contribution in [-0.4, -0.2) is 24.2 Å². The largest absolute Gasteiger partial charge is 0.459 e. The molecule has 0 aliphatic carbocycles. The highest BCUT2D eigenvalue weighted by atomic mass is 79.9. The second kappa shape index (κ2) is 6.27. The van der Waals surface area contributed by atoms with Gasteiger partial charge in [0.2, 0.25) is 0 Å². The first-order valence-electron chi connectivity index (χ1n) is 7.04. The lowest BCUT2D eigenvalue weighted by Crippen LogP contribution is -2.37. The normalized spacial score (nSPS) is 22.8. The molecule has 1 fully saturated rings. The van der Waals surface area contributed by atoms with Gasteiger partial charge < -0.3 is 10.1 Å². The number of benzene rings is 1. The van der Waals surface area contributed by atoms with E-state index in [1.807, 2.05) is 20.8 Å². The molecule has 0 radical (unpaired) electrons. The summed E-state index contributed by atoms with van der Waals surface area (Å²) in [7, 11) is 0. The third kappa shape index (κ3) is 4.60. The number of hydrogen-bond donors (Lipinski definition) is 1. The summed E-state index contributed by atoms with van der Waals surface area (Å²) in [5.74, 6) is 0.365. The van der Waals surface area contributed by atoms with Crippen molar-refractivity contribution in [1.29, 1.82) is 0 Å². The van der Waals surface area contributed by atoms with Crippen LogP contribution in [0.15, 0.2) is 28.7 Å². The molecule has 0 aromatic heterocycles. The Morgan fingerprint density at radius 1 is 1.35 bits per heavy atom. The molecule has 0 saturated carbocycles. The average molecular weight is 340 g/mol. The maximum absolute atomic E-state index is 12.0. The molecule has 1 aliphatic heterocycles. The Hall–Kier alpha value is -0.870. The van der Waals surface area contributed by atoms with Crippen LogP contribution in [0.4, 0.5) is 0 Å². The van der Waals surface area contributed by atoms with Crippen LogP contribution < -0.4 is 5.32 Å². The molecule has 0 unspecified atom stereocenters. The van der Waals surface area contributed by atoms with Crippen molar-refractivity contribution in [3.63, 3.8) is 0 Å². The summed E-state index contributed by atoms with van der Waals surface area (Å²) in [6.07, 6.45) is 1.85. The average Bonchev–Trinajstić information content (AvgIpc) is 2.79. The Morgan fingerprint density at radius 2 is 2.00 bits per heavy atom. The van der Waals surface area contributed by atoms with E-state index in [1.54, 1.807) is 0 Å². The molecule has 110 valence electrons. The predicted octanol–water partition coefficient (Wildman–Crippen LogP) is 3.31. The molecule has 1 heterocycles. The van der Waals surface area contributed by atoms with Crippen molar-refractivity contribution in [2.45, 2.75) is 45.3 Å². The van der Waals surface area contributed by atoms with E-state index in [9.17, 15) is 4.79 Å². The summed E-state index contributed by atoms with van der Waals surface area (Å²) in [4.78, 5) is 12.0. The zero-order valence-corrected chi connectivity index (χ0v) is 13.9. The maximum atomic E-state index is 12.0. The number of halogens is 1. The van der Waals surface area contributed by atoms with Gasteiger partial charge in [0.25, 0.3) is 0 Å². The molecule has 4 heteroatoms. The summed E-state index contributed by atoms with van der Waals surface area (Å²) >= 11 is 3.44. The lowest BCUT2D eigenvalue weighted by atomic mass is 9.97. The van der Waals surface area contributed by atoms with E-state index >= 15 is 0 Å². The SMILES string of the molecule is CC(C)(C)OC(=O)[C@@H]1C[C@@H](Cc2ccc(Br)cc2)CN1. The minimum absolute atomic E-state index is 0.129. The number of esters is 1. The molecule has 20 heavy (non-hydrogen) atoms. The zero-order chi connectivity index (χ0) is 14.8. The smallest absolute Gasteiger partial charge is 0.323 e. The lowest BCUT2D eigenvalue weighted by molar-refractivity contribution is -0.157. The van der Waals surface area contributed by atoms with Gasteiger partial charge in [-0.05, 0) is 63.8 Å². The summed E-state index contributed by atoms with van der Waals surface area (Å²) in [6.45, 7) is 6.58. The second-order valence-electron chi connectivity index (χ2n) is 6.43. The molecule has 0 amide bonds. The van der Waals surface area contributed by atoms with Crippen LogP contribution in [0.3, 0.4) is 0 Å². The third-order valence-corrected chi connectivity index (χ3v) is 3.88. The maximum Gasteiger partial charge on any atom is 0.323 e. The predicted molar refractivity (Wildman–Crippen MR) is 83.6 cm³/mol. The van der Waals surface area contributed by atoms with Crippen LogP contribution in [0.5, 0.6) is 0 Å². The zero-order valence-electron chi connectivity index (χ0n) is 12.3. The molecule has 1 aromatic carbocycles. The van der Waals surface area contributed by atoms with Crippen LogP contribution in [0.2, 0.25) is 0 Å². The van der Waals surface area contributed by atoms with Gasteiger partial charge in [-0.15, -0.1) is 0 Å².